The van der Waals surface area contributed by atoms with Gasteiger partial charge in [0.2, 0.25) is 0 Å². The minimum absolute atomic E-state index is 0.0772. The van der Waals surface area contributed by atoms with Crippen LogP contribution in [-0.2, 0) is 16.3 Å². The van der Waals surface area contributed by atoms with Crippen LogP contribution in [0.4, 0.5) is 5.82 Å². The number of fused-ring (bicyclic) bond motifs is 1. The summed E-state index contributed by atoms with van der Waals surface area (Å²) in [6.07, 6.45) is 2.70. The maximum absolute atomic E-state index is 11.6. The van der Waals surface area contributed by atoms with Crippen molar-refractivity contribution in [3.63, 3.8) is 0 Å². The molecular formula is C11H19N3O2S. The first-order chi connectivity index (χ1) is 7.68. The molecule has 0 bridgehead atoms. The highest BCUT2D eigenvalue weighted by Crippen LogP contribution is 2.39. The van der Waals surface area contributed by atoms with Crippen molar-refractivity contribution < 1.29 is 8.42 Å². The molecule has 0 fully saturated rings. The van der Waals surface area contributed by atoms with Crippen LogP contribution in [-0.4, -0.2) is 30.4 Å². The van der Waals surface area contributed by atoms with Crippen molar-refractivity contribution in [1.29, 1.82) is 0 Å². The van der Waals surface area contributed by atoms with Crippen molar-refractivity contribution in [3.8, 4) is 0 Å². The van der Waals surface area contributed by atoms with Crippen LogP contribution in [0.15, 0.2) is 0 Å². The number of anilines is 1. The van der Waals surface area contributed by atoms with Gasteiger partial charge in [-0.15, -0.1) is 0 Å². The van der Waals surface area contributed by atoms with Gasteiger partial charge >= 0.3 is 0 Å². The molecule has 6 heteroatoms. The highest BCUT2D eigenvalue weighted by atomic mass is 32.2. The molecule has 0 aliphatic heterocycles. The minimum Gasteiger partial charge on any atom is -0.364 e. The van der Waals surface area contributed by atoms with E-state index in [1.54, 1.807) is 0 Å². The molecule has 0 radical (unpaired) electrons. The van der Waals surface area contributed by atoms with Crippen LogP contribution in [0, 0.1) is 0 Å². The van der Waals surface area contributed by atoms with Crippen molar-refractivity contribution >= 4 is 15.7 Å². The fraction of sp³-hybridized carbons (Fsp3) is 0.727. The summed E-state index contributed by atoms with van der Waals surface area (Å²) in [4.78, 5) is 0. The fourth-order valence-electron chi connectivity index (χ4n) is 2.20. The SMILES string of the molecule is CC(C)(C)Nc1n[nH]c2c1CCC2S(C)(=O)=O. The van der Waals surface area contributed by atoms with E-state index in [-0.39, 0.29) is 5.54 Å². The second-order valence-corrected chi connectivity index (χ2v) is 7.92. The Labute approximate surface area is 102 Å². The summed E-state index contributed by atoms with van der Waals surface area (Å²) in [6.45, 7) is 6.16. The van der Waals surface area contributed by atoms with Crippen LogP contribution in [0.25, 0.3) is 0 Å². The van der Waals surface area contributed by atoms with Crippen molar-refractivity contribution in [3.05, 3.63) is 11.3 Å². The molecule has 0 saturated heterocycles. The summed E-state index contributed by atoms with van der Waals surface area (Å²) in [7, 11) is -3.05. The Morgan fingerprint density at radius 1 is 1.41 bits per heavy atom. The van der Waals surface area contributed by atoms with E-state index < -0.39 is 15.1 Å². The van der Waals surface area contributed by atoms with Gasteiger partial charge < -0.3 is 5.32 Å². The van der Waals surface area contributed by atoms with Gasteiger partial charge in [0.05, 0.1) is 5.69 Å². The van der Waals surface area contributed by atoms with Crippen LogP contribution in [0.2, 0.25) is 0 Å². The third-order valence-corrected chi connectivity index (χ3v) is 4.39. The summed E-state index contributed by atoms with van der Waals surface area (Å²) < 4.78 is 23.2. The van der Waals surface area contributed by atoms with Crippen LogP contribution in [0.3, 0.4) is 0 Å². The number of nitrogens with zero attached hydrogens (tertiary/aromatic N) is 1. The quantitative estimate of drug-likeness (QED) is 0.844. The minimum atomic E-state index is -3.05. The predicted molar refractivity (Wildman–Crippen MR) is 67.9 cm³/mol. The smallest absolute Gasteiger partial charge is 0.156 e. The normalized spacial score (nSPS) is 20.4. The highest BCUT2D eigenvalue weighted by Gasteiger charge is 2.35. The Morgan fingerprint density at radius 3 is 2.59 bits per heavy atom. The standard InChI is InChI=1S/C11H19N3O2S/c1-11(2,3)12-10-7-5-6-8(17(4,15)16)9(7)13-14-10/h8H,5-6H2,1-4H3,(H2,12,13,14). The Bertz CT molecular complexity index is 525. The number of hydrogen-bond acceptors (Lipinski definition) is 4. The third-order valence-electron chi connectivity index (χ3n) is 2.89. The van der Waals surface area contributed by atoms with Crippen LogP contribution < -0.4 is 5.32 Å². The number of H-pyrrole nitrogens is 1. The molecule has 0 saturated carbocycles. The molecule has 0 aromatic carbocycles. The largest absolute Gasteiger partial charge is 0.364 e. The van der Waals surface area contributed by atoms with Gasteiger partial charge in [-0.05, 0) is 33.6 Å². The van der Waals surface area contributed by atoms with Gasteiger partial charge in [0.15, 0.2) is 15.7 Å². The number of hydrogen-bond donors (Lipinski definition) is 2. The van der Waals surface area contributed by atoms with Crippen LogP contribution in [0.1, 0.15) is 43.7 Å². The molecule has 2 N–H and O–H groups in total. The fourth-order valence-corrected chi connectivity index (χ4v) is 3.37. The van der Waals surface area contributed by atoms with E-state index in [0.717, 1.165) is 23.5 Å². The number of nitrogens with one attached hydrogen (secondary N) is 2. The third kappa shape index (κ3) is 2.46. The lowest BCUT2D eigenvalue weighted by Crippen LogP contribution is -2.26. The maximum atomic E-state index is 11.6. The van der Waals surface area contributed by atoms with Crippen molar-refractivity contribution in [2.45, 2.75) is 44.4 Å². The van der Waals surface area contributed by atoms with Gasteiger partial charge in [-0.3, -0.25) is 5.10 Å². The van der Waals surface area contributed by atoms with Gasteiger partial charge in [-0.2, -0.15) is 5.10 Å². The van der Waals surface area contributed by atoms with Gasteiger partial charge in [-0.25, -0.2) is 8.42 Å². The van der Waals surface area contributed by atoms with E-state index in [0.29, 0.717) is 6.42 Å². The molecule has 1 heterocycles. The molecule has 0 amide bonds. The van der Waals surface area contributed by atoms with Crippen LogP contribution >= 0.6 is 0 Å². The summed E-state index contributed by atoms with van der Waals surface area (Å²) in [5, 5.41) is 9.94. The number of aromatic amines is 1. The van der Waals surface area contributed by atoms with E-state index >= 15 is 0 Å². The number of aromatic nitrogens is 2. The Hall–Kier alpha value is -1.04. The lowest BCUT2D eigenvalue weighted by atomic mass is 10.1. The summed E-state index contributed by atoms with van der Waals surface area (Å²) in [6, 6.07) is 0. The van der Waals surface area contributed by atoms with Crippen molar-refractivity contribution in [2.24, 2.45) is 0 Å². The Balaban J connectivity index is 2.34. The molecule has 1 unspecified atom stereocenters. The first-order valence-corrected chi connectivity index (χ1v) is 7.68. The first-order valence-electron chi connectivity index (χ1n) is 5.72. The topological polar surface area (TPSA) is 74.8 Å². The summed E-state index contributed by atoms with van der Waals surface area (Å²) in [5.74, 6) is 0.790. The highest BCUT2D eigenvalue weighted by molar-refractivity contribution is 7.90. The molecule has 1 aliphatic rings. The first kappa shape index (κ1) is 12.4. The van der Waals surface area contributed by atoms with E-state index in [9.17, 15) is 8.42 Å². The predicted octanol–water partition coefficient (Wildman–Crippen LogP) is 1.65. The second-order valence-electron chi connectivity index (χ2n) is 5.70. The lowest BCUT2D eigenvalue weighted by molar-refractivity contribution is 0.584. The molecule has 17 heavy (non-hydrogen) atoms. The van der Waals surface area contributed by atoms with Gasteiger partial charge in [0, 0.05) is 17.4 Å². The number of rotatable bonds is 2. The van der Waals surface area contributed by atoms with E-state index in [2.05, 4.69) is 36.3 Å². The molecule has 1 aromatic rings. The second kappa shape index (κ2) is 3.73. The van der Waals surface area contributed by atoms with Gasteiger partial charge in [0.25, 0.3) is 0 Å². The molecule has 96 valence electrons. The Morgan fingerprint density at radius 2 is 2.06 bits per heavy atom. The molecule has 5 nitrogen and oxygen atoms in total. The average Bonchev–Trinajstić information content (AvgIpc) is 2.63. The zero-order valence-corrected chi connectivity index (χ0v) is 11.5. The monoisotopic (exact) mass is 257 g/mol. The summed E-state index contributed by atoms with van der Waals surface area (Å²) in [5.41, 5.74) is 1.71. The molecule has 1 atom stereocenters. The molecule has 2 rings (SSSR count). The Kier molecular flexibility index (Phi) is 2.72. The summed E-state index contributed by atoms with van der Waals surface area (Å²) >= 11 is 0. The van der Waals surface area contributed by atoms with Gasteiger partial charge in [0.1, 0.15) is 5.25 Å². The van der Waals surface area contributed by atoms with Crippen molar-refractivity contribution in [1.82, 2.24) is 10.2 Å². The molecule has 0 spiro atoms. The zero-order chi connectivity index (χ0) is 12.8. The average molecular weight is 257 g/mol. The zero-order valence-electron chi connectivity index (χ0n) is 10.7. The maximum Gasteiger partial charge on any atom is 0.156 e. The lowest BCUT2D eigenvalue weighted by Gasteiger charge is -2.20. The molecular weight excluding hydrogens is 238 g/mol. The molecule has 1 aromatic heterocycles. The van der Waals surface area contributed by atoms with Crippen molar-refractivity contribution in [2.75, 3.05) is 11.6 Å². The van der Waals surface area contributed by atoms with E-state index in [1.165, 1.54) is 6.26 Å². The van der Waals surface area contributed by atoms with E-state index in [1.807, 2.05) is 0 Å². The molecule has 1 aliphatic carbocycles. The number of sulfone groups is 1. The van der Waals surface area contributed by atoms with Crippen LogP contribution in [0.5, 0.6) is 0 Å². The van der Waals surface area contributed by atoms with E-state index in [4.69, 9.17) is 0 Å². The van der Waals surface area contributed by atoms with Gasteiger partial charge in [-0.1, -0.05) is 0 Å².